The third-order valence-corrected chi connectivity index (χ3v) is 6.67. The van der Waals surface area contributed by atoms with Gasteiger partial charge in [0, 0.05) is 54.5 Å². The van der Waals surface area contributed by atoms with Gasteiger partial charge in [-0.15, -0.1) is 0 Å². The molecule has 5 heteroatoms. The van der Waals surface area contributed by atoms with E-state index in [1.807, 2.05) is 61.5 Å². The maximum atomic E-state index is 13.5. The molecule has 5 nitrogen and oxygen atoms in total. The molecular weight excluding hydrogens is 410 g/mol. The number of aliphatic hydroxyl groups excluding tert-OH is 1. The average molecular weight is 440 g/mol. The van der Waals surface area contributed by atoms with Gasteiger partial charge in [0.25, 0.3) is 0 Å². The normalized spacial score (nSPS) is 16.6. The van der Waals surface area contributed by atoms with E-state index in [4.69, 9.17) is 0 Å². The first kappa shape index (κ1) is 21.4. The second-order valence-electron chi connectivity index (χ2n) is 8.77. The van der Waals surface area contributed by atoms with E-state index < -0.39 is 12.1 Å². The van der Waals surface area contributed by atoms with Gasteiger partial charge in [-0.2, -0.15) is 0 Å². The van der Waals surface area contributed by atoms with Gasteiger partial charge in [0.05, 0.1) is 6.04 Å². The summed E-state index contributed by atoms with van der Waals surface area (Å²) in [6.07, 6.45) is 0.561. The van der Waals surface area contributed by atoms with E-state index >= 15 is 0 Å². The van der Waals surface area contributed by atoms with Crippen molar-refractivity contribution < 1.29 is 9.90 Å². The molecule has 0 aliphatic carbocycles. The van der Waals surface area contributed by atoms with Crippen LogP contribution in [-0.4, -0.2) is 53.1 Å². The summed E-state index contributed by atoms with van der Waals surface area (Å²) in [6.45, 7) is 5.28. The van der Waals surface area contributed by atoms with Gasteiger partial charge in [-0.1, -0.05) is 66.2 Å². The van der Waals surface area contributed by atoms with Crippen molar-refractivity contribution in [3.8, 4) is 0 Å². The second kappa shape index (κ2) is 9.22. The van der Waals surface area contributed by atoms with Crippen LogP contribution in [-0.2, 0) is 0 Å². The Labute approximate surface area is 194 Å². The summed E-state index contributed by atoms with van der Waals surface area (Å²) in [5.74, 6) is -0.247. The first-order valence-electron chi connectivity index (χ1n) is 11.5. The number of carbonyl (C=O) groups is 1. The Balaban J connectivity index is 1.42. The first-order valence-corrected chi connectivity index (χ1v) is 11.5. The third kappa shape index (κ3) is 4.30. The Morgan fingerprint density at radius 2 is 1.55 bits per heavy atom. The van der Waals surface area contributed by atoms with Crippen molar-refractivity contribution in [1.29, 1.82) is 0 Å². The number of nitrogens with one attached hydrogen (secondary N) is 1. The van der Waals surface area contributed by atoms with Crippen molar-refractivity contribution in [3.05, 3.63) is 102 Å². The SMILES string of the molecule is Cc1ccc([C@H]([C@H](O)C(=O)c2c[nH]c3ccccc23)N2CCN(c3ccccc3)CC2)cc1. The summed E-state index contributed by atoms with van der Waals surface area (Å²) in [5.41, 5.74) is 4.77. The predicted octanol–water partition coefficient (Wildman–Crippen LogP) is 4.58. The quantitative estimate of drug-likeness (QED) is 0.432. The largest absolute Gasteiger partial charge is 0.383 e. The standard InChI is InChI=1S/C28H29N3O2/c1-20-11-13-21(14-12-20)26(31-17-15-30(16-18-31)22-7-3-2-4-8-22)28(33)27(32)24-19-29-25-10-6-5-9-23(24)25/h2-14,19,26,28-29,33H,15-18H2,1H3/t26-,28+/m1/s1. The monoisotopic (exact) mass is 439 g/mol. The number of aliphatic hydroxyl groups is 1. The number of H-pyrrole nitrogens is 1. The molecule has 0 spiro atoms. The molecule has 4 aromatic rings. The topological polar surface area (TPSA) is 59.6 Å². The summed E-state index contributed by atoms with van der Waals surface area (Å²) >= 11 is 0. The number of aryl methyl sites for hydroxylation is 1. The third-order valence-electron chi connectivity index (χ3n) is 6.67. The molecule has 3 aromatic carbocycles. The number of Topliss-reactive ketones (excluding diaryl/α,β-unsaturated/α-hetero) is 1. The number of benzene rings is 3. The van der Waals surface area contributed by atoms with Gasteiger partial charge < -0.3 is 15.0 Å². The van der Waals surface area contributed by atoms with Crippen LogP contribution in [0, 0.1) is 6.92 Å². The number of hydrogen-bond acceptors (Lipinski definition) is 4. The van der Waals surface area contributed by atoms with E-state index in [2.05, 4.69) is 39.0 Å². The van der Waals surface area contributed by atoms with Gasteiger partial charge in [-0.05, 0) is 30.7 Å². The highest BCUT2D eigenvalue weighted by molar-refractivity contribution is 6.10. The van der Waals surface area contributed by atoms with Crippen molar-refractivity contribution in [2.45, 2.75) is 19.1 Å². The minimum atomic E-state index is -1.16. The van der Waals surface area contributed by atoms with Gasteiger partial charge in [-0.3, -0.25) is 9.69 Å². The Kier molecular flexibility index (Phi) is 5.99. The second-order valence-corrected chi connectivity index (χ2v) is 8.77. The van der Waals surface area contributed by atoms with Crippen molar-refractivity contribution in [3.63, 3.8) is 0 Å². The number of carbonyl (C=O) groups excluding carboxylic acids is 1. The zero-order chi connectivity index (χ0) is 22.8. The number of hydrogen-bond donors (Lipinski definition) is 2. The minimum absolute atomic E-state index is 0.247. The molecule has 2 atom stereocenters. The highest BCUT2D eigenvalue weighted by Gasteiger charge is 2.35. The van der Waals surface area contributed by atoms with E-state index in [0.717, 1.165) is 48.2 Å². The highest BCUT2D eigenvalue weighted by Crippen LogP contribution is 2.30. The smallest absolute Gasteiger partial charge is 0.195 e. The summed E-state index contributed by atoms with van der Waals surface area (Å²) in [7, 11) is 0. The van der Waals surface area contributed by atoms with Crippen molar-refractivity contribution >= 4 is 22.4 Å². The van der Waals surface area contributed by atoms with Crippen LogP contribution in [0.1, 0.15) is 27.5 Å². The van der Waals surface area contributed by atoms with Gasteiger partial charge in [0.1, 0.15) is 6.10 Å². The Morgan fingerprint density at radius 1 is 0.879 bits per heavy atom. The molecule has 0 saturated carbocycles. The van der Waals surface area contributed by atoms with Crippen LogP contribution in [0.5, 0.6) is 0 Å². The fourth-order valence-corrected chi connectivity index (χ4v) is 4.83. The minimum Gasteiger partial charge on any atom is -0.383 e. The highest BCUT2D eigenvalue weighted by atomic mass is 16.3. The van der Waals surface area contributed by atoms with E-state index in [1.165, 1.54) is 5.69 Å². The van der Waals surface area contributed by atoms with E-state index in [1.54, 1.807) is 6.20 Å². The van der Waals surface area contributed by atoms with E-state index in [9.17, 15) is 9.90 Å². The predicted molar refractivity (Wildman–Crippen MR) is 133 cm³/mol. The molecule has 0 amide bonds. The Bertz CT molecular complexity index is 1220. The number of anilines is 1. The molecule has 0 radical (unpaired) electrons. The molecule has 2 heterocycles. The Morgan fingerprint density at radius 3 is 2.27 bits per heavy atom. The molecule has 1 saturated heterocycles. The molecule has 1 fully saturated rings. The Hall–Kier alpha value is -3.41. The lowest BCUT2D eigenvalue weighted by molar-refractivity contribution is 0.0366. The lowest BCUT2D eigenvalue weighted by Gasteiger charge is -2.41. The van der Waals surface area contributed by atoms with Crippen LogP contribution in [0.25, 0.3) is 10.9 Å². The van der Waals surface area contributed by atoms with Crippen LogP contribution in [0.4, 0.5) is 5.69 Å². The van der Waals surface area contributed by atoms with Crippen LogP contribution in [0.15, 0.2) is 85.1 Å². The number of nitrogens with zero attached hydrogens (tertiary/aromatic N) is 2. The number of rotatable bonds is 6. The maximum absolute atomic E-state index is 13.5. The fourth-order valence-electron chi connectivity index (χ4n) is 4.83. The molecule has 1 aliphatic heterocycles. The van der Waals surface area contributed by atoms with Crippen LogP contribution < -0.4 is 4.90 Å². The summed E-state index contributed by atoms with van der Waals surface area (Å²) in [5, 5.41) is 12.3. The summed E-state index contributed by atoms with van der Waals surface area (Å²) in [4.78, 5) is 21.3. The maximum Gasteiger partial charge on any atom is 0.195 e. The molecule has 1 aromatic heterocycles. The lowest BCUT2D eigenvalue weighted by atomic mass is 9.92. The summed E-state index contributed by atoms with van der Waals surface area (Å²) < 4.78 is 0. The van der Waals surface area contributed by atoms with E-state index in [-0.39, 0.29) is 5.78 Å². The van der Waals surface area contributed by atoms with Crippen LogP contribution in [0.3, 0.4) is 0 Å². The molecule has 0 bridgehead atoms. The lowest BCUT2D eigenvalue weighted by Crippen LogP contribution is -2.51. The van der Waals surface area contributed by atoms with Crippen molar-refractivity contribution in [1.82, 2.24) is 9.88 Å². The van der Waals surface area contributed by atoms with Crippen LogP contribution in [0.2, 0.25) is 0 Å². The number of piperazine rings is 1. The first-order chi connectivity index (χ1) is 16.1. The number of para-hydroxylation sites is 2. The van der Waals surface area contributed by atoms with Crippen LogP contribution >= 0.6 is 0 Å². The molecule has 33 heavy (non-hydrogen) atoms. The fraction of sp³-hybridized carbons (Fsp3) is 0.250. The van der Waals surface area contributed by atoms with Crippen molar-refractivity contribution in [2.24, 2.45) is 0 Å². The van der Waals surface area contributed by atoms with Crippen molar-refractivity contribution in [2.75, 3.05) is 31.1 Å². The molecule has 0 unspecified atom stereocenters. The number of aromatic amines is 1. The number of fused-ring (bicyclic) bond motifs is 1. The molecule has 5 rings (SSSR count). The molecule has 168 valence electrons. The van der Waals surface area contributed by atoms with E-state index in [0.29, 0.717) is 5.56 Å². The van der Waals surface area contributed by atoms with Gasteiger partial charge in [0.2, 0.25) is 0 Å². The zero-order valence-electron chi connectivity index (χ0n) is 18.8. The summed E-state index contributed by atoms with van der Waals surface area (Å²) in [6, 6.07) is 25.9. The molecular formula is C28H29N3O2. The zero-order valence-corrected chi connectivity index (χ0v) is 18.8. The molecule has 1 aliphatic rings. The van der Waals surface area contributed by atoms with Gasteiger partial charge >= 0.3 is 0 Å². The number of aromatic nitrogens is 1. The number of ketones is 1. The molecule has 2 N–H and O–H groups in total. The average Bonchev–Trinajstić information content (AvgIpc) is 3.30. The van der Waals surface area contributed by atoms with Gasteiger partial charge in [0.15, 0.2) is 5.78 Å². The van der Waals surface area contributed by atoms with Gasteiger partial charge in [-0.25, -0.2) is 0 Å².